The van der Waals surface area contributed by atoms with Gasteiger partial charge in [0, 0.05) is 26.9 Å². The lowest BCUT2D eigenvalue weighted by Crippen LogP contribution is -2.27. The molecule has 0 atom stereocenters. The van der Waals surface area contributed by atoms with Gasteiger partial charge in [-0.15, -0.1) is 0 Å². The third-order valence-corrected chi connectivity index (χ3v) is 6.48. The second kappa shape index (κ2) is 12.4. The number of carbonyl (C=O) groups excluding carboxylic acids is 3. The first-order chi connectivity index (χ1) is 18.7. The van der Waals surface area contributed by atoms with E-state index in [-0.39, 0.29) is 25.1 Å². The Hall–Kier alpha value is -4.45. The van der Waals surface area contributed by atoms with Crippen LogP contribution in [0.5, 0.6) is 0 Å². The predicted molar refractivity (Wildman–Crippen MR) is 151 cm³/mol. The molecule has 0 aromatic heterocycles. The molecule has 1 amide bonds. The highest BCUT2D eigenvalue weighted by atomic mass is 16.5. The van der Waals surface area contributed by atoms with E-state index in [1.807, 2.05) is 59.5 Å². The summed E-state index contributed by atoms with van der Waals surface area (Å²) in [6, 6.07) is 25.2. The molecule has 0 aliphatic heterocycles. The number of esters is 2. The molecular weight excluding hydrogens is 490 g/mol. The molecule has 4 rings (SSSR count). The van der Waals surface area contributed by atoms with Crippen molar-refractivity contribution in [1.29, 1.82) is 0 Å². The maximum absolute atomic E-state index is 13.0. The summed E-state index contributed by atoms with van der Waals surface area (Å²) >= 11 is 0. The number of nitrogens with zero attached hydrogens (tertiary/aromatic N) is 1. The molecule has 0 bridgehead atoms. The van der Waals surface area contributed by atoms with Gasteiger partial charge in [-0.1, -0.05) is 77.9 Å². The van der Waals surface area contributed by atoms with Crippen LogP contribution in [0, 0.1) is 13.8 Å². The highest BCUT2D eigenvalue weighted by Gasteiger charge is 2.14. The molecule has 0 aliphatic carbocycles. The first-order valence-electron chi connectivity index (χ1n) is 12.9. The van der Waals surface area contributed by atoms with E-state index in [1.54, 1.807) is 13.0 Å². The van der Waals surface area contributed by atoms with E-state index in [4.69, 9.17) is 9.47 Å². The fourth-order valence-electron chi connectivity index (χ4n) is 4.62. The maximum Gasteiger partial charge on any atom is 0.339 e. The van der Waals surface area contributed by atoms with Gasteiger partial charge < -0.3 is 14.4 Å². The summed E-state index contributed by atoms with van der Waals surface area (Å²) in [7, 11) is 0. The molecule has 6 heteroatoms. The van der Waals surface area contributed by atoms with Crippen LogP contribution in [0.4, 0.5) is 0 Å². The Kier molecular flexibility index (Phi) is 8.77. The van der Waals surface area contributed by atoms with Gasteiger partial charge in [0.2, 0.25) is 5.91 Å². The van der Waals surface area contributed by atoms with E-state index in [0.29, 0.717) is 18.7 Å². The van der Waals surface area contributed by atoms with Crippen LogP contribution in [0.2, 0.25) is 0 Å². The van der Waals surface area contributed by atoms with Gasteiger partial charge in [0.25, 0.3) is 0 Å². The van der Waals surface area contributed by atoms with Crippen molar-refractivity contribution in [2.45, 2.75) is 54.0 Å². The van der Waals surface area contributed by atoms with Crippen molar-refractivity contribution in [3.05, 3.63) is 118 Å². The van der Waals surface area contributed by atoms with Crippen molar-refractivity contribution < 1.29 is 23.9 Å². The molecule has 0 fully saturated rings. The number of amides is 1. The minimum absolute atomic E-state index is 0.0123. The van der Waals surface area contributed by atoms with E-state index in [1.165, 1.54) is 18.1 Å². The molecule has 0 radical (unpaired) electrons. The summed E-state index contributed by atoms with van der Waals surface area (Å²) in [4.78, 5) is 38.3. The highest BCUT2D eigenvalue weighted by Crippen LogP contribution is 2.23. The van der Waals surface area contributed by atoms with Crippen molar-refractivity contribution in [1.82, 2.24) is 4.90 Å². The third kappa shape index (κ3) is 7.54. The summed E-state index contributed by atoms with van der Waals surface area (Å²) < 4.78 is 10.7. The molecule has 0 saturated heterocycles. The van der Waals surface area contributed by atoms with E-state index in [0.717, 1.165) is 33.0 Å². The first kappa shape index (κ1) is 27.6. The number of fused-ring (bicyclic) bond motifs is 1. The van der Waals surface area contributed by atoms with Crippen molar-refractivity contribution in [2.24, 2.45) is 0 Å². The van der Waals surface area contributed by atoms with E-state index >= 15 is 0 Å². The van der Waals surface area contributed by atoms with E-state index < -0.39 is 5.97 Å². The lowest BCUT2D eigenvalue weighted by molar-refractivity contribution is -0.142. The molecule has 0 saturated carbocycles. The molecule has 0 unspecified atom stereocenters. The molecule has 39 heavy (non-hydrogen) atoms. The van der Waals surface area contributed by atoms with Gasteiger partial charge in [0.1, 0.15) is 13.2 Å². The Labute approximate surface area is 229 Å². The number of ether oxygens (including phenoxy) is 2. The quantitative estimate of drug-likeness (QED) is 0.237. The number of rotatable bonds is 9. The summed E-state index contributed by atoms with van der Waals surface area (Å²) in [5.74, 6) is -0.770. The SMILES string of the molecule is CC(=O)OCc1ccc2cccc(C(=O)OCc3ccc(CN(Cc4cc(C)cc(C)c4)C(C)=O)cc3)c2c1. The van der Waals surface area contributed by atoms with E-state index in [9.17, 15) is 14.4 Å². The Balaban J connectivity index is 1.40. The average molecular weight is 524 g/mol. The monoisotopic (exact) mass is 523 g/mol. The second-order valence-corrected chi connectivity index (χ2v) is 9.90. The molecule has 200 valence electrons. The molecule has 0 N–H and O–H groups in total. The minimum Gasteiger partial charge on any atom is -0.461 e. The summed E-state index contributed by atoms with van der Waals surface area (Å²) in [6.07, 6.45) is 0. The van der Waals surface area contributed by atoms with Gasteiger partial charge in [-0.3, -0.25) is 9.59 Å². The Morgan fingerprint density at radius 1 is 0.667 bits per heavy atom. The fourth-order valence-corrected chi connectivity index (χ4v) is 4.62. The van der Waals surface area contributed by atoms with Gasteiger partial charge >= 0.3 is 11.9 Å². The Morgan fingerprint density at radius 3 is 1.95 bits per heavy atom. The lowest BCUT2D eigenvalue weighted by atomic mass is 10.0. The Morgan fingerprint density at radius 2 is 1.28 bits per heavy atom. The van der Waals surface area contributed by atoms with Crippen LogP contribution in [0.1, 0.15) is 57.6 Å². The van der Waals surface area contributed by atoms with Crippen LogP contribution in [0.3, 0.4) is 0 Å². The van der Waals surface area contributed by atoms with Crippen LogP contribution < -0.4 is 0 Å². The lowest BCUT2D eigenvalue weighted by Gasteiger charge is -2.22. The van der Waals surface area contributed by atoms with Crippen molar-refractivity contribution in [3.8, 4) is 0 Å². The van der Waals surface area contributed by atoms with Crippen LogP contribution in [-0.2, 0) is 45.4 Å². The summed E-state index contributed by atoms with van der Waals surface area (Å²) in [6.45, 7) is 8.38. The molecule has 0 heterocycles. The zero-order valence-electron chi connectivity index (χ0n) is 22.8. The fraction of sp³-hybridized carbons (Fsp3) is 0.242. The van der Waals surface area contributed by atoms with Crippen LogP contribution in [0.25, 0.3) is 10.8 Å². The predicted octanol–water partition coefficient (Wildman–Crippen LogP) is 6.43. The zero-order chi connectivity index (χ0) is 27.9. The van der Waals surface area contributed by atoms with Crippen LogP contribution in [-0.4, -0.2) is 22.7 Å². The molecule has 6 nitrogen and oxygen atoms in total. The topological polar surface area (TPSA) is 72.9 Å². The average Bonchev–Trinajstić information content (AvgIpc) is 2.90. The second-order valence-electron chi connectivity index (χ2n) is 9.90. The smallest absolute Gasteiger partial charge is 0.339 e. The van der Waals surface area contributed by atoms with E-state index in [2.05, 4.69) is 32.0 Å². The largest absolute Gasteiger partial charge is 0.461 e. The molecular formula is C33H33NO5. The molecule has 4 aromatic carbocycles. The van der Waals surface area contributed by atoms with Crippen molar-refractivity contribution in [3.63, 3.8) is 0 Å². The maximum atomic E-state index is 13.0. The van der Waals surface area contributed by atoms with Crippen molar-refractivity contribution in [2.75, 3.05) is 0 Å². The van der Waals surface area contributed by atoms with Crippen LogP contribution in [0.15, 0.2) is 78.9 Å². The number of hydrogen-bond acceptors (Lipinski definition) is 5. The number of benzene rings is 4. The molecule has 0 aliphatic rings. The van der Waals surface area contributed by atoms with Gasteiger partial charge in [0.15, 0.2) is 0 Å². The summed E-state index contributed by atoms with van der Waals surface area (Å²) in [5.41, 5.74) is 6.57. The normalized spacial score (nSPS) is 10.8. The molecule has 4 aromatic rings. The molecule has 0 spiro atoms. The summed E-state index contributed by atoms with van der Waals surface area (Å²) in [5, 5.41) is 1.65. The Bertz CT molecular complexity index is 1490. The standard InChI is InChI=1S/C33H33NO5/c1-22-14-23(2)16-29(15-22)19-34(24(3)35)18-26-8-10-27(11-9-26)20-39-33(37)31-7-5-6-30-13-12-28(17-32(30)31)21-38-25(4)36/h5-17H,18-21H2,1-4H3. The van der Waals surface area contributed by atoms with Crippen molar-refractivity contribution >= 4 is 28.6 Å². The highest BCUT2D eigenvalue weighted by molar-refractivity contribution is 6.04. The zero-order valence-corrected chi connectivity index (χ0v) is 22.8. The van der Waals surface area contributed by atoms with Gasteiger partial charge in [-0.05, 0) is 59.0 Å². The van der Waals surface area contributed by atoms with Gasteiger partial charge in [-0.25, -0.2) is 4.79 Å². The minimum atomic E-state index is -0.425. The van der Waals surface area contributed by atoms with Crippen LogP contribution >= 0.6 is 0 Å². The third-order valence-electron chi connectivity index (χ3n) is 6.48. The van der Waals surface area contributed by atoms with Gasteiger partial charge in [-0.2, -0.15) is 0 Å². The number of hydrogen-bond donors (Lipinski definition) is 0. The number of aryl methyl sites for hydroxylation is 2. The van der Waals surface area contributed by atoms with Gasteiger partial charge in [0.05, 0.1) is 5.56 Å². The first-order valence-corrected chi connectivity index (χ1v) is 12.9. The number of carbonyl (C=O) groups is 3.